The van der Waals surface area contributed by atoms with E-state index in [2.05, 4.69) is 129 Å². The number of aliphatic hydroxyl groups is 1. The average Bonchev–Trinajstić information content (AvgIpc) is 1.60. The van der Waals surface area contributed by atoms with Gasteiger partial charge in [-0.25, -0.2) is 0 Å². The van der Waals surface area contributed by atoms with E-state index in [-0.39, 0.29) is 113 Å². The molecule has 0 saturated carbocycles. The summed E-state index contributed by atoms with van der Waals surface area (Å²) in [5, 5.41) is 29.6. The first kappa shape index (κ1) is 94.4. The minimum atomic E-state index is -0.806. The van der Waals surface area contributed by atoms with Crippen LogP contribution in [0.2, 0.25) is 0 Å². The number of thiophene rings is 1. The molecule has 15 rings (SSSR count). The number of ketones is 2. The Bertz CT molecular complexity index is 5250. The molecule has 12 amide bonds. The Morgan fingerprint density at radius 3 is 1.50 bits per heavy atom. The Morgan fingerprint density at radius 1 is 0.540 bits per heavy atom. The van der Waals surface area contributed by atoms with Crippen LogP contribution in [0.5, 0.6) is 5.75 Å². The van der Waals surface area contributed by atoms with Crippen LogP contribution in [-0.2, 0) is 52.9 Å². The van der Waals surface area contributed by atoms with Gasteiger partial charge in [-0.2, -0.15) is 0 Å². The third kappa shape index (κ3) is 21.3. The van der Waals surface area contributed by atoms with Crippen LogP contribution >= 0.6 is 11.3 Å². The van der Waals surface area contributed by atoms with Crippen molar-refractivity contribution in [3.05, 3.63) is 219 Å². The molecule has 5 saturated heterocycles. The van der Waals surface area contributed by atoms with Crippen LogP contribution in [0.4, 0.5) is 11.4 Å². The molecule has 27 nitrogen and oxygen atoms in total. The molecule has 0 bridgehead atoms. The van der Waals surface area contributed by atoms with Crippen molar-refractivity contribution in [3.8, 4) is 16.2 Å². The zero-order valence-electron chi connectivity index (χ0n) is 74.5. The molecule has 126 heavy (non-hydrogen) atoms. The normalized spacial score (nSPS) is 20.5. The molecule has 10 heterocycles. The summed E-state index contributed by atoms with van der Waals surface area (Å²) in [7, 11) is 0. The first-order valence-electron chi connectivity index (χ1n) is 43.3. The summed E-state index contributed by atoms with van der Waals surface area (Å²) < 4.78 is 5.64. The quantitative estimate of drug-likeness (QED) is 0.0329. The minimum absolute atomic E-state index is 0.0316. The molecule has 0 radical (unpaired) electrons. The number of carbonyl (C=O) groups is 14. The van der Waals surface area contributed by atoms with Gasteiger partial charge in [0.2, 0.25) is 29.5 Å². The van der Waals surface area contributed by atoms with Gasteiger partial charge in [-0.05, 0) is 206 Å². The van der Waals surface area contributed by atoms with E-state index in [1.807, 2.05) is 86.6 Å². The summed E-state index contributed by atoms with van der Waals surface area (Å²) in [4.78, 5) is 184. The number of ether oxygens (including phenoxy) is 1. The molecule has 7 atom stereocenters. The molecule has 9 aliphatic heterocycles. The van der Waals surface area contributed by atoms with Gasteiger partial charge in [0.05, 0.1) is 51.6 Å². The fraction of sp³-hybridized carbons (Fsp3) is 0.429. The summed E-state index contributed by atoms with van der Waals surface area (Å²) in [6, 6.07) is 28.6. The van der Waals surface area contributed by atoms with Gasteiger partial charge in [-0.1, -0.05) is 123 Å². The molecular formula is C98H117N11O16S. The smallest absolute Gasteiger partial charge is 0.266 e. The fourth-order valence-electron chi connectivity index (χ4n) is 16.9. The van der Waals surface area contributed by atoms with Gasteiger partial charge in [0.15, 0.2) is 5.78 Å². The highest BCUT2D eigenvalue weighted by Gasteiger charge is 2.50. The van der Waals surface area contributed by atoms with E-state index in [1.165, 1.54) is 16.0 Å². The summed E-state index contributed by atoms with van der Waals surface area (Å²) >= 11 is 1.72. The Morgan fingerprint density at radius 2 is 1.01 bits per heavy atom. The Hall–Kier alpha value is -12.3. The molecule has 0 aliphatic carbocycles. The number of β-amino-alcohol motifs (C(OH)–C–C–N with tert-alkyl or cyclic N) is 1. The lowest BCUT2D eigenvalue weighted by molar-refractivity contribution is -0.146. The lowest BCUT2D eigenvalue weighted by Gasteiger charge is -2.35. The SMILES string of the molecule is C=C1CCC(N2C(=O)c3ccc(CC(C)C)cc3C2=O)C(=O)N1.C=C1CCC(N2C(=O)c3cccc(NC(C)C)c3C2=O)C(=O)N1.C=C1CCC(N2C(=O)c3cccc(OC(C)C)c3C2=O)C(=O)N1.C=C1CCC(N2Cc3c(NC(C)C)cccc3C2=O)C(=O)N1.Cc1ccsc1-c1ccc(CCC(=O)[C@@H]2C[C@@H](O)CN2C(=O)[C@@H](CC(=O)C(C)C)C(C)(C)C)cc1. The second-order valence-corrected chi connectivity index (χ2v) is 37.1. The van der Waals surface area contributed by atoms with Crippen LogP contribution in [0.25, 0.3) is 10.4 Å². The number of aliphatic hydroxyl groups excluding tert-OH is 1. The molecule has 5 aromatic carbocycles. The average molecular weight is 1740 g/mol. The topological polar surface area (TPSA) is 357 Å². The van der Waals surface area contributed by atoms with Crippen LogP contribution in [-0.4, -0.2) is 173 Å². The number of imide groups is 3. The van der Waals surface area contributed by atoms with Gasteiger partial charge in [-0.3, -0.25) is 81.8 Å². The molecule has 666 valence electrons. The molecule has 28 heteroatoms. The number of rotatable bonds is 21. The first-order valence-corrected chi connectivity index (χ1v) is 44.2. The maximum atomic E-state index is 13.6. The van der Waals surface area contributed by atoms with E-state index in [0.717, 1.165) is 49.2 Å². The van der Waals surface area contributed by atoms with Gasteiger partial charge in [0.25, 0.3) is 41.4 Å². The number of aryl methyl sites for hydroxylation is 2. The van der Waals surface area contributed by atoms with E-state index in [0.29, 0.717) is 133 Å². The van der Waals surface area contributed by atoms with E-state index in [9.17, 15) is 72.2 Å². The monoisotopic (exact) mass is 1740 g/mol. The highest BCUT2D eigenvalue weighted by molar-refractivity contribution is 7.13. The van der Waals surface area contributed by atoms with Crippen LogP contribution < -0.4 is 36.6 Å². The minimum Gasteiger partial charge on any atom is -0.490 e. The van der Waals surface area contributed by atoms with Crippen LogP contribution in [0.1, 0.15) is 255 Å². The fourth-order valence-corrected chi connectivity index (χ4v) is 17.9. The van der Waals surface area contributed by atoms with Crippen molar-refractivity contribution >= 4 is 105 Å². The zero-order chi connectivity index (χ0) is 91.9. The van der Waals surface area contributed by atoms with E-state index in [4.69, 9.17) is 4.74 Å². The number of hydrogen-bond donors (Lipinski definition) is 7. The lowest BCUT2D eigenvalue weighted by Crippen LogP contribution is -2.51. The Balaban J connectivity index is 0.000000155. The Kier molecular flexibility index (Phi) is 29.9. The van der Waals surface area contributed by atoms with Gasteiger partial charge >= 0.3 is 0 Å². The second-order valence-electron chi connectivity index (χ2n) is 36.2. The van der Waals surface area contributed by atoms with Crippen LogP contribution in [0, 0.1) is 30.1 Å². The number of piperidine rings is 4. The number of allylic oxidation sites excluding steroid dienone is 4. The van der Waals surface area contributed by atoms with Crippen molar-refractivity contribution in [2.75, 3.05) is 17.2 Å². The predicted molar refractivity (Wildman–Crippen MR) is 482 cm³/mol. The van der Waals surface area contributed by atoms with Crippen LogP contribution in [0.15, 0.2) is 158 Å². The highest BCUT2D eigenvalue weighted by atomic mass is 32.1. The number of nitrogens with one attached hydrogen (secondary N) is 6. The number of carbonyl (C=O) groups excluding carboxylic acids is 14. The van der Waals surface area contributed by atoms with Crippen molar-refractivity contribution in [1.29, 1.82) is 0 Å². The third-order valence-electron chi connectivity index (χ3n) is 23.4. The largest absolute Gasteiger partial charge is 0.490 e. The van der Waals surface area contributed by atoms with Gasteiger partial charge in [0, 0.05) is 106 Å². The zero-order valence-corrected chi connectivity index (χ0v) is 75.3. The number of amides is 12. The molecule has 7 N–H and O–H groups in total. The van der Waals surface area contributed by atoms with E-state index in [1.54, 1.807) is 69.7 Å². The maximum Gasteiger partial charge on any atom is 0.266 e. The van der Waals surface area contributed by atoms with Gasteiger partial charge < -0.3 is 51.5 Å². The summed E-state index contributed by atoms with van der Waals surface area (Å²) in [5.41, 5.74) is 12.0. The highest BCUT2D eigenvalue weighted by Crippen LogP contribution is 2.40. The molecule has 0 spiro atoms. The van der Waals surface area contributed by atoms with E-state index < -0.39 is 71.3 Å². The number of nitrogens with zero attached hydrogens (tertiary/aromatic N) is 5. The second kappa shape index (κ2) is 39.9. The molecule has 1 aromatic heterocycles. The molecule has 9 aliphatic rings. The van der Waals surface area contributed by atoms with Crippen molar-refractivity contribution in [2.24, 2.45) is 23.2 Å². The van der Waals surface area contributed by atoms with E-state index >= 15 is 0 Å². The standard InChI is InChI=1S/C29H39NO4S.C18H20N2O3.C17H19N3O3.C17H21N3O2.C17H18N2O4/c1-18(2)26(33)16-23(29(4,5)6)28(34)30-17-22(31)15-24(30)25(32)12-9-20-7-10-21(11-8-20)27-19(3)13-14-35-27;1-10(2)8-12-5-6-13-14(9-12)18(23)20(17(13)22)15-7-4-11(3)19-16(15)21;1-9(2)18-12-6-4-5-11-14(12)17(23)20(16(11)22)13-8-7-10(3)19-15(13)21;1-10(2)18-14-6-4-5-12-13(14)9-20(17(12)22)15-8-7-11(3)19-16(15)21;1-9(2)23-13-6-4-5-11-14(13)17(22)19(16(11)21)12-8-7-10(3)18-15(12)20/h7-8,10-11,13-14,18,22-24,31H,9,12,15-17H2,1-6H3;5-6,9-10,15H,3-4,7-8H2,1-2H3,(H,19,21);4-6,9,13,18H,3,7-8H2,1-2H3,(H,19,21);4-6,10,15,18H,3,7-9H2,1-2H3,(H,19,21);4-6,9,12H,3,7-8H2,1-2H3,(H,18,20)/t22-,23-,24+;;;;/m1..../s1. The molecule has 4 unspecified atom stereocenters. The number of fused-ring (bicyclic) bond motifs is 4. The summed E-state index contributed by atoms with van der Waals surface area (Å²) in [5.74, 6) is -3.78. The van der Waals surface area contributed by atoms with Crippen molar-refractivity contribution in [3.63, 3.8) is 0 Å². The number of Topliss-reactive ketones (excluding diaryl/α,β-unsaturated/α-hetero) is 2. The van der Waals surface area contributed by atoms with Crippen molar-refractivity contribution in [2.45, 2.75) is 241 Å². The van der Waals surface area contributed by atoms with Crippen molar-refractivity contribution < 1.29 is 77.0 Å². The molecular weight excluding hydrogens is 1620 g/mol. The van der Waals surface area contributed by atoms with Gasteiger partial charge in [-0.15, -0.1) is 11.3 Å². The number of benzene rings is 5. The third-order valence-corrected chi connectivity index (χ3v) is 24.5. The maximum absolute atomic E-state index is 13.6. The first-order chi connectivity index (χ1) is 59.5. The predicted octanol–water partition coefficient (Wildman–Crippen LogP) is 13.8. The number of hydrogen-bond acceptors (Lipinski definition) is 19. The summed E-state index contributed by atoms with van der Waals surface area (Å²) in [6.07, 6.45) is 5.55. The molecule has 6 aromatic rings. The number of likely N-dealkylation sites (tertiary alicyclic amines) is 1. The lowest BCUT2D eigenvalue weighted by atomic mass is 9.75. The van der Waals surface area contributed by atoms with Gasteiger partial charge in [0.1, 0.15) is 35.7 Å². The Labute approximate surface area is 740 Å². The van der Waals surface area contributed by atoms with Crippen molar-refractivity contribution in [1.82, 2.24) is 45.8 Å². The number of anilines is 2. The molecule has 5 fully saturated rings. The summed E-state index contributed by atoms with van der Waals surface area (Å²) in [6.45, 7) is 43.1. The van der Waals surface area contributed by atoms with Crippen LogP contribution in [0.3, 0.4) is 0 Å².